The van der Waals surface area contributed by atoms with E-state index in [9.17, 15) is 0 Å². The summed E-state index contributed by atoms with van der Waals surface area (Å²) < 4.78 is 8.75. The molecule has 0 N–H and O–H groups in total. The van der Waals surface area contributed by atoms with Crippen LogP contribution in [-0.4, -0.2) is 19.5 Å². The molecule has 9 aromatic carbocycles. The maximum Gasteiger partial charge on any atom is 0.160 e. The quantitative estimate of drug-likeness (QED) is 0.157. The molecule has 0 saturated heterocycles. The van der Waals surface area contributed by atoms with Gasteiger partial charge in [0.2, 0.25) is 0 Å². The molecule has 0 spiro atoms. The van der Waals surface area contributed by atoms with Crippen LogP contribution in [0.15, 0.2) is 223 Å². The largest absolute Gasteiger partial charge is 0.456 e. The molecule has 0 amide bonds. The highest BCUT2D eigenvalue weighted by Gasteiger charge is 2.20. The van der Waals surface area contributed by atoms with E-state index in [1.54, 1.807) is 0 Å². The van der Waals surface area contributed by atoms with Crippen LogP contribution >= 0.6 is 0 Å². The molecule has 0 aliphatic heterocycles. The van der Waals surface area contributed by atoms with Crippen LogP contribution in [0.1, 0.15) is 0 Å². The van der Waals surface area contributed by atoms with Crippen LogP contribution < -0.4 is 0 Å². The van der Waals surface area contributed by atoms with E-state index >= 15 is 0 Å². The Morgan fingerprint density at radius 2 is 0.953 bits per heavy atom. The lowest BCUT2D eigenvalue weighted by atomic mass is 9.93. The second kappa shape index (κ2) is 14.5. The fourth-order valence-electron chi connectivity index (χ4n) is 9.65. The predicted molar refractivity (Wildman–Crippen MR) is 264 cm³/mol. The minimum atomic E-state index is 0.676. The number of aromatic nitrogens is 4. The Labute approximate surface area is 368 Å². The van der Waals surface area contributed by atoms with E-state index in [2.05, 4.69) is 205 Å². The van der Waals surface area contributed by atoms with Gasteiger partial charge in [-0.05, 0) is 66.2 Å². The van der Waals surface area contributed by atoms with Crippen molar-refractivity contribution in [2.45, 2.75) is 0 Å². The maximum absolute atomic E-state index is 6.42. The predicted octanol–water partition coefficient (Wildman–Crippen LogP) is 15.5. The Kier molecular flexibility index (Phi) is 8.15. The van der Waals surface area contributed by atoms with Gasteiger partial charge in [0.05, 0.1) is 33.6 Å². The number of hydrogen-bond donors (Lipinski definition) is 0. The van der Waals surface area contributed by atoms with Crippen LogP contribution in [0.25, 0.3) is 127 Å². The molecule has 0 saturated carbocycles. The molecule has 0 bridgehead atoms. The van der Waals surface area contributed by atoms with Crippen LogP contribution in [0.5, 0.6) is 0 Å². The summed E-state index contributed by atoms with van der Waals surface area (Å²) in [6.07, 6.45) is 0. The molecule has 0 aliphatic carbocycles. The molecule has 0 atom stereocenters. The van der Waals surface area contributed by atoms with Crippen LogP contribution in [0.2, 0.25) is 0 Å². The van der Waals surface area contributed by atoms with E-state index in [4.69, 9.17) is 19.4 Å². The second-order valence-corrected chi connectivity index (χ2v) is 16.3. The van der Waals surface area contributed by atoms with E-state index in [0.717, 1.165) is 116 Å². The van der Waals surface area contributed by atoms with Crippen molar-refractivity contribution >= 4 is 65.4 Å². The molecular weight excluding hydrogens is 781 g/mol. The van der Waals surface area contributed by atoms with Crippen LogP contribution in [-0.2, 0) is 0 Å². The molecule has 0 fully saturated rings. The van der Waals surface area contributed by atoms with E-state index < -0.39 is 0 Å². The molecule has 4 heterocycles. The van der Waals surface area contributed by atoms with Crippen molar-refractivity contribution in [3.8, 4) is 62.0 Å². The molecule has 13 rings (SSSR count). The topological polar surface area (TPSA) is 56.7 Å². The third-order valence-corrected chi connectivity index (χ3v) is 12.6. The zero-order valence-corrected chi connectivity index (χ0v) is 34.5. The summed E-state index contributed by atoms with van der Waals surface area (Å²) in [7, 11) is 0. The fraction of sp³-hybridized carbons (Fsp3) is 0. The summed E-state index contributed by atoms with van der Waals surface area (Å²) in [5.41, 5.74) is 15.0. The Morgan fingerprint density at radius 3 is 1.73 bits per heavy atom. The van der Waals surface area contributed by atoms with E-state index in [1.165, 1.54) is 5.39 Å². The van der Waals surface area contributed by atoms with Gasteiger partial charge in [-0.15, -0.1) is 0 Å². The highest BCUT2D eigenvalue weighted by Crippen LogP contribution is 2.43. The zero-order chi connectivity index (χ0) is 42.1. The van der Waals surface area contributed by atoms with Gasteiger partial charge in [-0.25, -0.2) is 15.0 Å². The minimum Gasteiger partial charge on any atom is -0.456 e. The van der Waals surface area contributed by atoms with Gasteiger partial charge < -0.3 is 8.98 Å². The Hall–Kier alpha value is -8.67. The molecular formula is C59H36N4O. The first-order chi connectivity index (χ1) is 31.7. The van der Waals surface area contributed by atoms with Gasteiger partial charge in [-0.3, -0.25) is 0 Å². The minimum absolute atomic E-state index is 0.676. The zero-order valence-electron chi connectivity index (χ0n) is 34.5. The standard InChI is InChI=1S/C59H36N4O/c1-4-15-38(16-5-1)49-36-50(61-59(60-49)41-31-33-52-48(35-41)44-21-10-12-25-51(44)63(52)42-19-8-3-9-20-42)39-29-27-37(28-30-39)43-23-14-24-46-55-47(57(62-58(43)46)40-17-6-2-7-18-40)32-34-54-56(55)45-22-11-13-26-53(45)64-54/h1-36H. The monoisotopic (exact) mass is 816 g/mol. The van der Waals surface area contributed by atoms with Gasteiger partial charge >= 0.3 is 0 Å². The van der Waals surface area contributed by atoms with Gasteiger partial charge in [0, 0.05) is 71.2 Å². The Morgan fingerprint density at radius 1 is 0.344 bits per heavy atom. The normalized spacial score (nSPS) is 11.8. The third kappa shape index (κ3) is 5.75. The highest BCUT2D eigenvalue weighted by molar-refractivity contribution is 6.29. The number of pyridine rings is 1. The molecule has 64 heavy (non-hydrogen) atoms. The van der Waals surface area contributed by atoms with E-state index in [0.29, 0.717) is 5.82 Å². The highest BCUT2D eigenvalue weighted by atomic mass is 16.3. The molecule has 0 aliphatic rings. The molecule has 5 nitrogen and oxygen atoms in total. The number of rotatable bonds is 6. The number of hydrogen-bond acceptors (Lipinski definition) is 4. The molecule has 298 valence electrons. The lowest BCUT2D eigenvalue weighted by molar-refractivity contribution is 0.669. The first-order valence-electron chi connectivity index (χ1n) is 21.6. The van der Waals surface area contributed by atoms with Crippen LogP contribution in [0, 0.1) is 0 Å². The van der Waals surface area contributed by atoms with E-state index in [-0.39, 0.29) is 0 Å². The Bertz CT molecular complexity index is 3930. The summed E-state index contributed by atoms with van der Waals surface area (Å²) in [4.78, 5) is 16.0. The Balaban J connectivity index is 0.968. The number of nitrogens with zero attached hydrogens (tertiary/aromatic N) is 4. The molecule has 4 aromatic heterocycles. The number of benzene rings is 9. The number of para-hydroxylation sites is 4. The number of furan rings is 1. The summed E-state index contributed by atoms with van der Waals surface area (Å²) in [6.45, 7) is 0. The van der Waals surface area contributed by atoms with E-state index in [1.807, 2.05) is 18.2 Å². The van der Waals surface area contributed by atoms with Crippen molar-refractivity contribution in [3.05, 3.63) is 218 Å². The lowest BCUT2D eigenvalue weighted by Crippen LogP contribution is -1.96. The van der Waals surface area contributed by atoms with Crippen molar-refractivity contribution < 1.29 is 4.42 Å². The first-order valence-corrected chi connectivity index (χ1v) is 21.6. The van der Waals surface area contributed by atoms with Gasteiger partial charge in [-0.2, -0.15) is 0 Å². The molecule has 13 aromatic rings. The fourth-order valence-corrected chi connectivity index (χ4v) is 9.65. The van der Waals surface area contributed by atoms with Crippen molar-refractivity contribution in [2.75, 3.05) is 0 Å². The second-order valence-electron chi connectivity index (χ2n) is 16.3. The van der Waals surface area contributed by atoms with Crippen LogP contribution in [0.3, 0.4) is 0 Å². The lowest BCUT2D eigenvalue weighted by Gasteiger charge is -2.14. The van der Waals surface area contributed by atoms with Gasteiger partial charge in [0.25, 0.3) is 0 Å². The third-order valence-electron chi connectivity index (χ3n) is 12.6. The van der Waals surface area contributed by atoms with Crippen molar-refractivity contribution in [2.24, 2.45) is 0 Å². The molecule has 0 unspecified atom stereocenters. The van der Waals surface area contributed by atoms with Gasteiger partial charge in [-0.1, -0.05) is 158 Å². The van der Waals surface area contributed by atoms with Crippen molar-refractivity contribution in [1.82, 2.24) is 19.5 Å². The van der Waals surface area contributed by atoms with Gasteiger partial charge in [0.15, 0.2) is 5.82 Å². The number of fused-ring (bicyclic) bond motifs is 10. The van der Waals surface area contributed by atoms with Gasteiger partial charge in [0.1, 0.15) is 11.2 Å². The SMILES string of the molecule is c1ccc(-c2cc(-c3ccc(-c4cccc5c4nc(-c4ccccc4)c4ccc6oc7ccccc7c6c45)cc3)nc(-c3ccc4c(c3)c3ccccc3n4-c3ccccc3)n2)cc1. The van der Waals surface area contributed by atoms with Crippen molar-refractivity contribution in [3.63, 3.8) is 0 Å². The first kappa shape index (κ1) is 36.0. The smallest absolute Gasteiger partial charge is 0.160 e. The summed E-state index contributed by atoms with van der Waals surface area (Å²) in [6, 6.07) is 76.5. The molecule has 0 radical (unpaired) electrons. The summed E-state index contributed by atoms with van der Waals surface area (Å²) in [5, 5.41) is 7.89. The average Bonchev–Trinajstić information content (AvgIpc) is 3.92. The van der Waals surface area contributed by atoms with Crippen LogP contribution in [0.4, 0.5) is 0 Å². The summed E-state index contributed by atoms with van der Waals surface area (Å²) >= 11 is 0. The molecule has 5 heteroatoms. The van der Waals surface area contributed by atoms with Crippen molar-refractivity contribution in [1.29, 1.82) is 0 Å². The maximum atomic E-state index is 6.42. The average molecular weight is 817 g/mol. The summed E-state index contributed by atoms with van der Waals surface area (Å²) in [5.74, 6) is 0.676.